The molecule has 0 unspecified atom stereocenters. The predicted octanol–water partition coefficient (Wildman–Crippen LogP) is 2.21. The van der Waals surface area contributed by atoms with Crippen molar-refractivity contribution in [3.8, 4) is 0 Å². The third-order valence-electron chi connectivity index (χ3n) is 2.42. The van der Waals surface area contributed by atoms with Crippen molar-refractivity contribution in [1.82, 2.24) is 10.1 Å². The van der Waals surface area contributed by atoms with Crippen molar-refractivity contribution in [2.45, 2.75) is 20.4 Å². The van der Waals surface area contributed by atoms with Crippen LogP contribution < -0.4 is 5.32 Å². The van der Waals surface area contributed by atoms with Crippen LogP contribution in [-0.4, -0.2) is 15.1 Å². The number of nitrogens with zero attached hydrogens (tertiary/aromatic N) is 3. The molecule has 0 aliphatic carbocycles. The number of rotatable bonds is 4. The third kappa shape index (κ3) is 2.45. The molecule has 0 saturated carbocycles. The summed E-state index contributed by atoms with van der Waals surface area (Å²) in [5, 5.41) is 17.6. The van der Waals surface area contributed by atoms with Crippen LogP contribution in [0.15, 0.2) is 22.9 Å². The molecule has 2 heterocycles. The molecule has 0 radical (unpaired) electrons. The maximum atomic E-state index is 10.9. The second-order valence-electron chi connectivity index (χ2n) is 3.87. The summed E-state index contributed by atoms with van der Waals surface area (Å²) in [6.45, 7) is 3.78. The molecule has 7 nitrogen and oxygen atoms in total. The van der Waals surface area contributed by atoms with Gasteiger partial charge in [0.1, 0.15) is 0 Å². The monoisotopic (exact) mass is 248 g/mol. The van der Waals surface area contributed by atoms with E-state index < -0.39 is 4.92 Å². The van der Waals surface area contributed by atoms with Gasteiger partial charge in [0.2, 0.25) is 5.82 Å². The van der Waals surface area contributed by atoms with E-state index in [1.165, 1.54) is 6.20 Å². The average Bonchev–Trinajstić information content (AvgIpc) is 2.72. The fourth-order valence-electron chi connectivity index (χ4n) is 1.58. The minimum Gasteiger partial charge on any atom is -0.359 e. The Morgan fingerprint density at radius 2 is 2.28 bits per heavy atom. The first-order chi connectivity index (χ1) is 8.58. The molecule has 0 saturated heterocycles. The Morgan fingerprint density at radius 1 is 1.50 bits per heavy atom. The Labute approximate surface area is 103 Å². The van der Waals surface area contributed by atoms with Crippen LogP contribution in [0.25, 0.3) is 0 Å². The number of hydrogen-bond donors (Lipinski definition) is 1. The Balaban J connectivity index is 2.19. The topological polar surface area (TPSA) is 94.1 Å². The lowest BCUT2D eigenvalue weighted by molar-refractivity contribution is -0.384. The Hall–Kier alpha value is -2.44. The number of aromatic nitrogens is 2. The lowest BCUT2D eigenvalue weighted by Crippen LogP contribution is -2.05. The van der Waals surface area contributed by atoms with Crippen LogP contribution >= 0.6 is 0 Å². The Kier molecular flexibility index (Phi) is 3.22. The van der Waals surface area contributed by atoms with Gasteiger partial charge in [0.05, 0.1) is 17.2 Å². The van der Waals surface area contributed by atoms with Crippen LogP contribution in [0.5, 0.6) is 0 Å². The van der Waals surface area contributed by atoms with E-state index in [0.29, 0.717) is 17.9 Å². The second kappa shape index (κ2) is 4.82. The van der Waals surface area contributed by atoms with Gasteiger partial charge in [0, 0.05) is 17.8 Å². The molecule has 0 aliphatic rings. The second-order valence-corrected chi connectivity index (χ2v) is 3.87. The lowest BCUT2D eigenvalue weighted by atomic mass is 10.2. The number of nitrogens with one attached hydrogen (secondary N) is 1. The predicted molar refractivity (Wildman–Crippen MR) is 64.2 cm³/mol. The highest BCUT2D eigenvalue weighted by Gasteiger charge is 2.18. The number of pyridine rings is 1. The van der Waals surface area contributed by atoms with Crippen molar-refractivity contribution in [2.75, 3.05) is 5.32 Å². The van der Waals surface area contributed by atoms with Crippen molar-refractivity contribution in [3.05, 3.63) is 45.5 Å². The van der Waals surface area contributed by atoms with Gasteiger partial charge in [-0.1, -0.05) is 5.16 Å². The smallest absolute Gasteiger partial charge is 0.314 e. The van der Waals surface area contributed by atoms with Gasteiger partial charge in [-0.25, -0.2) is 4.98 Å². The molecule has 0 amide bonds. The highest BCUT2D eigenvalue weighted by atomic mass is 16.6. The van der Waals surface area contributed by atoms with Gasteiger partial charge in [0.25, 0.3) is 0 Å². The molecule has 0 aromatic carbocycles. The fraction of sp³-hybridized carbons (Fsp3) is 0.273. The van der Waals surface area contributed by atoms with Crippen molar-refractivity contribution < 1.29 is 9.45 Å². The van der Waals surface area contributed by atoms with E-state index in [9.17, 15) is 10.1 Å². The number of anilines is 1. The van der Waals surface area contributed by atoms with Crippen LogP contribution in [0.1, 0.15) is 17.0 Å². The molecule has 94 valence electrons. The van der Waals surface area contributed by atoms with E-state index >= 15 is 0 Å². The van der Waals surface area contributed by atoms with Crippen molar-refractivity contribution in [3.63, 3.8) is 0 Å². The first kappa shape index (κ1) is 12.0. The van der Waals surface area contributed by atoms with Crippen LogP contribution in [0.4, 0.5) is 11.5 Å². The largest absolute Gasteiger partial charge is 0.359 e. The average molecular weight is 248 g/mol. The summed E-state index contributed by atoms with van der Waals surface area (Å²) in [7, 11) is 0. The fourth-order valence-corrected chi connectivity index (χ4v) is 1.58. The van der Waals surface area contributed by atoms with Crippen LogP contribution in [0.2, 0.25) is 0 Å². The van der Waals surface area contributed by atoms with Gasteiger partial charge < -0.3 is 9.84 Å². The summed E-state index contributed by atoms with van der Waals surface area (Å²) in [4.78, 5) is 14.5. The molecule has 0 fully saturated rings. The maximum absolute atomic E-state index is 10.9. The molecule has 2 aromatic rings. The quantitative estimate of drug-likeness (QED) is 0.658. The zero-order valence-corrected chi connectivity index (χ0v) is 10.0. The van der Waals surface area contributed by atoms with Gasteiger partial charge >= 0.3 is 5.69 Å². The van der Waals surface area contributed by atoms with Gasteiger partial charge in [-0.05, 0) is 19.9 Å². The van der Waals surface area contributed by atoms with E-state index in [4.69, 9.17) is 4.52 Å². The Bertz CT molecular complexity index is 579. The van der Waals surface area contributed by atoms with Gasteiger partial charge in [-0.3, -0.25) is 10.1 Å². The SMILES string of the molecule is Cc1cc(CNc2nccc(C)c2[N+](=O)[O-])on1. The standard InChI is InChI=1S/C11H12N4O3/c1-7-3-4-12-11(10(7)15(16)17)13-6-9-5-8(2)14-18-9/h3-5H,6H2,1-2H3,(H,12,13). The molecule has 18 heavy (non-hydrogen) atoms. The maximum Gasteiger partial charge on any atom is 0.314 e. The molecule has 0 atom stereocenters. The Morgan fingerprint density at radius 3 is 2.89 bits per heavy atom. The first-order valence-electron chi connectivity index (χ1n) is 5.34. The number of aryl methyl sites for hydroxylation is 2. The zero-order valence-electron chi connectivity index (χ0n) is 10.0. The molecule has 7 heteroatoms. The lowest BCUT2D eigenvalue weighted by Gasteiger charge is -2.05. The van der Waals surface area contributed by atoms with Crippen LogP contribution in [0, 0.1) is 24.0 Å². The molecule has 2 aromatic heterocycles. The van der Waals surface area contributed by atoms with E-state index in [-0.39, 0.29) is 11.5 Å². The highest BCUT2D eigenvalue weighted by molar-refractivity contribution is 5.59. The molecule has 0 spiro atoms. The highest BCUT2D eigenvalue weighted by Crippen LogP contribution is 2.25. The van der Waals surface area contributed by atoms with Crippen LogP contribution in [-0.2, 0) is 6.54 Å². The van der Waals surface area contributed by atoms with E-state index in [0.717, 1.165) is 5.69 Å². The van der Waals surface area contributed by atoms with Crippen LogP contribution in [0.3, 0.4) is 0 Å². The third-order valence-corrected chi connectivity index (χ3v) is 2.42. The summed E-state index contributed by atoms with van der Waals surface area (Å²) in [5.74, 6) is 0.833. The zero-order chi connectivity index (χ0) is 13.1. The molecule has 0 aliphatic heterocycles. The summed E-state index contributed by atoms with van der Waals surface area (Å²) in [6, 6.07) is 3.36. The van der Waals surface area contributed by atoms with Gasteiger partial charge in [-0.15, -0.1) is 0 Å². The molecule has 1 N–H and O–H groups in total. The minimum atomic E-state index is -0.448. The molecular weight excluding hydrogens is 236 g/mol. The number of nitro groups is 1. The summed E-state index contributed by atoms with van der Waals surface area (Å²) >= 11 is 0. The number of hydrogen-bond acceptors (Lipinski definition) is 6. The van der Waals surface area contributed by atoms with E-state index in [2.05, 4.69) is 15.5 Å². The van der Waals surface area contributed by atoms with Crippen molar-refractivity contribution >= 4 is 11.5 Å². The summed E-state index contributed by atoms with van der Waals surface area (Å²) < 4.78 is 5.01. The molecule has 2 rings (SSSR count). The summed E-state index contributed by atoms with van der Waals surface area (Å²) in [6.07, 6.45) is 1.52. The molecular formula is C11H12N4O3. The minimum absolute atomic E-state index is 0.0197. The summed E-state index contributed by atoms with van der Waals surface area (Å²) in [5.41, 5.74) is 1.30. The van der Waals surface area contributed by atoms with Crippen molar-refractivity contribution in [2.24, 2.45) is 0 Å². The van der Waals surface area contributed by atoms with Crippen molar-refractivity contribution in [1.29, 1.82) is 0 Å². The first-order valence-corrected chi connectivity index (χ1v) is 5.34. The van der Waals surface area contributed by atoms with E-state index in [1.807, 2.05) is 0 Å². The van der Waals surface area contributed by atoms with Gasteiger partial charge in [-0.2, -0.15) is 0 Å². The normalized spacial score (nSPS) is 10.3. The van der Waals surface area contributed by atoms with E-state index in [1.54, 1.807) is 26.0 Å². The van der Waals surface area contributed by atoms with Gasteiger partial charge in [0.15, 0.2) is 5.76 Å². The molecule has 0 bridgehead atoms.